The normalized spacial score (nSPS) is 13.9. The first-order chi connectivity index (χ1) is 16.0. The second kappa shape index (κ2) is 8.61. The summed E-state index contributed by atoms with van der Waals surface area (Å²) >= 11 is 0. The number of nitrogens with zero attached hydrogens (tertiary/aromatic N) is 4. The van der Waals surface area contributed by atoms with Crippen LogP contribution in [-0.4, -0.2) is 31.5 Å². The largest absolute Gasteiger partial charge is 0.447 e. The number of carbonyl (C=O) groups excluding carboxylic acids is 1. The highest BCUT2D eigenvalue weighted by Gasteiger charge is 2.27. The molecule has 1 fully saturated rings. The maximum Gasteiger partial charge on any atom is 0.411 e. The Bertz CT molecular complexity index is 1270. The van der Waals surface area contributed by atoms with E-state index in [0.29, 0.717) is 18.3 Å². The minimum Gasteiger partial charge on any atom is -0.447 e. The van der Waals surface area contributed by atoms with Gasteiger partial charge in [0.1, 0.15) is 12.7 Å². The minimum atomic E-state index is -0.458. The van der Waals surface area contributed by atoms with E-state index in [-0.39, 0.29) is 6.10 Å². The molecule has 170 valence electrons. The molecule has 33 heavy (non-hydrogen) atoms. The quantitative estimate of drug-likeness (QED) is 0.425. The number of hydrogen-bond donors (Lipinski definition) is 2. The van der Waals surface area contributed by atoms with Gasteiger partial charge in [0.05, 0.1) is 29.5 Å². The van der Waals surface area contributed by atoms with Gasteiger partial charge in [-0.15, -0.1) is 0 Å². The fourth-order valence-corrected chi connectivity index (χ4v) is 4.37. The zero-order chi connectivity index (χ0) is 22.9. The van der Waals surface area contributed by atoms with E-state index in [0.717, 1.165) is 46.3 Å². The van der Waals surface area contributed by atoms with Gasteiger partial charge in [-0.25, -0.2) is 14.5 Å². The highest BCUT2D eigenvalue weighted by molar-refractivity contribution is 6.01. The molecule has 8 nitrogen and oxygen atoms in total. The second-order valence-electron chi connectivity index (χ2n) is 8.82. The van der Waals surface area contributed by atoms with Crippen molar-refractivity contribution in [1.29, 1.82) is 0 Å². The summed E-state index contributed by atoms with van der Waals surface area (Å²) in [4.78, 5) is 16.0. The summed E-state index contributed by atoms with van der Waals surface area (Å²) in [7, 11) is 0. The number of nitrogen functional groups attached to an aromatic ring is 1. The van der Waals surface area contributed by atoms with Gasteiger partial charge in [0.25, 0.3) is 0 Å². The first-order valence-corrected chi connectivity index (χ1v) is 11.3. The predicted molar refractivity (Wildman–Crippen MR) is 129 cm³/mol. The molecule has 2 heterocycles. The lowest BCUT2D eigenvalue weighted by atomic mass is 9.92. The van der Waals surface area contributed by atoms with E-state index < -0.39 is 6.09 Å². The van der Waals surface area contributed by atoms with Crippen LogP contribution >= 0.6 is 0 Å². The summed E-state index contributed by atoms with van der Waals surface area (Å²) in [5.74, 6) is 0. The maximum absolute atomic E-state index is 11.9. The van der Waals surface area contributed by atoms with Gasteiger partial charge in [0.2, 0.25) is 0 Å². The Kier molecular flexibility index (Phi) is 5.50. The second-order valence-corrected chi connectivity index (χ2v) is 8.82. The molecule has 8 heteroatoms. The number of carbonyl (C=O) groups is 1. The number of nitrogens with one attached hydrogen (secondary N) is 1. The third-order valence-electron chi connectivity index (χ3n) is 6.11. The minimum absolute atomic E-state index is 0.170. The number of hydrogen-bond acceptors (Lipinski definition) is 5. The van der Waals surface area contributed by atoms with Gasteiger partial charge in [-0.3, -0.25) is 5.32 Å². The maximum atomic E-state index is 11.9. The van der Waals surface area contributed by atoms with Crippen LogP contribution in [0.15, 0.2) is 55.1 Å². The number of benzene rings is 2. The number of nitrogens with two attached hydrogens (primary N) is 1. The molecule has 1 aliphatic carbocycles. The van der Waals surface area contributed by atoms with Crippen molar-refractivity contribution in [1.82, 2.24) is 19.3 Å². The molecule has 0 saturated heterocycles. The lowest BCUT2D eigenvalue weighted by Gasteiger charge is -2.30. The molecule has 3 N–H and O–H groups in total. The third kappa shape index (κ3) is 4.16. The lowest BCUT2D eigenvalue weighted by Crippen LogP contribution is -2.18. The first kappa shape index (κ1) is 21.1. The zero-order valence-corrected chi connectivity index (χ0v) is 18.9. The highest BCUT2D eigenvalue weighted by Crippen LogP contribution is 2.44. The van der Waals surface area contributed by atoms with Crippen molar-refractivity contribution in [3.63, 3.8) is 0 Å². The van der Waals surface area contributed by atoms with E-state index in [1.54, 1.807) is 12.7 Å². The van der Waals surface area contributed by atoms with Crippen LogP contribution in [0.2, 0.25) is 0 Å². The summed E-state index contributed by atoms with van der Waals surface area (Å²) in [5.41, 5.74) is 12.5. The molecule has 0 unspecified atom stereocenters. The van der Waals surface area contributed by atoms with Crippen molar-refractivity contribution >= 4 is 28.4 Å². The van der Waals surface area contributed by atoms with Crippen molar-refractivity contribution in [2.24, 2.45) is 0 Å². The Labute approximate surface area is 192 Å². The smallest absolute Gasteiger partial charge is 0.411 e. The van der Waals surface area contributed by atoms with Crippen LogP contribution in [0.3, 0.4) is 0 Å². The van der Waals surface area contributed by atoms with E-state index >= 15 is 0 Å². The molecule has 0 atom stereocenters. The first-order valence-electron chi connectivity index (χ1n) is 11.3. The molecule has 0 aliphatic heterocycles. The monoisotopic (exact) mass is 444 g/mol. The van der Waals surface area contributed by atoms with E-state index in [9.17, 15) is 4.79 Å². The van der Waals surface area contributed by atoms with Gasteiger partial charge in [0, 0.05) is 22.7 Å². The zero-order valence-electron chi connectivity index (χ0n) is 18.9. The number of amides is 1. The van der Waals surface area contributed by atoms with Crippen LogP contribution in [0.25, 0.3) is 22.2 Å². The number of ether oxygens (including phenoxy) is 1. The van der Waals surface area contributed by atoms with Crippen LogP contribution in [0.4, 0.5) is 16.2 Å². The molecule has 0 spiro atoms. The van der Waals surface area contributed by atoms with Crippen LogP contribution < -0.4 is 11.1 Å². The fourth-order valence-electron chi connectivity index (χ4n) is 4.37. The Balaban J connectivity index is 1.52. The van der Waals surface area contributed by atoms with Crippen LogP contribution in [0.5, 0.6) is 0 Å². The Morgan fingerprint density at radius 3 is 2.64 bits per heavy atom. The Hall–Kier alpha value is -3.81. The van der Waals surface area contributed by atoms with Crippen molar-refractivity contribution < 1.29 is 9.53 Å². The van der Waals surface area contributed by atoms with Gasteiger partial charge in [-0.2, -0.15) is 5.10 Å². The molecule has 5 rings (SSSR count). The predicted octanol–water partition coefficient (Wildman–Crippen LogP) is 5.21. The molecule has 2 aromatic heterocycles. The molecule has 1 amide bonds. The summed E-state index contributed by atoms with van der Waals surface area (Å²) in [5, 5.41) is 8.05. The number of aromatic nitrogens is 4. The highest BCUT2D eigenvalue weighted by atomic mass is 16.6. The average molecular weight is 445 g/mol. The van der Waals surface area contributed by atoms with E-state index in [1.165, 1.54) is 6.42 Å². The SMILES string of the molecule is CC(C)OC(=O)Nc1ccc(-c2c(N)c3ccc(Cn4cncn4)cc3n2C2CCC2)cc1. The van der Waals surface area contributed by atoms with Crippen molar-refractivity contribution in [2.75, 3.05) is 11.1 Å². The van der Waals surface area contributed by atoms with Gasteiger partial charge in [0.15, 0.2) is 0 Å². The van der Waals surface area contributed by atoms with Gasteiger partial charge in [-0.1, -0.05) is 24.3 Å². The number of anilines is 2. The molecule has 0 bridgehead atoms. The Morgan fingerprint density at radius 1 is 1.21 bits per heavy atom. The molecular weight excluding hydrogens is 416 g/mol. The Morgan fingerprint density at radius 2 is 2.00 bits per heavy atom. The van der Waals surface area contributed by atoms with Crippen LogP contribution in [0, 0.1) is 0 Å². The topological polar surface area (TPSA) is 100.0 Å². The molecule has 1 aliphatic rings. The van der Waals surface area contributed by atoms with Crippen molar-refractivity contribution in [3.05, 3.63) is 60.7 Å². The number of fused-ring (bicyclic) bond motifs is 1. The lowest BCUT2D eigenvalue weighted by molar-refractivity contribution is 0.130. The summed E-state index contributed by atoms with van der Waals surface area (Å²) in [6.07, 6.45) is 6.16. The van der Waals surface area contributed by atoms with E-state index in [2.05, 4.69) is 38.2 Å². The molecule has 1 saturated carbocycles. The summed E-state index contributed by atoms with van der Waals surface area (Å²) < 4.78 is 9.38. The number of rotatable bonds is 6. The average Bonchev–Trinajstić information content (AvgIpc) is 3.34. The third-order valence-corrected chi connectivity index (χ3v) is 6.11. The van der Waals surface area contributed by atoms with Crippen LogP contribution in [0.1, 0.15) is 44.7 Å². The summed E-state index contributed by atoms with van der Waals surface area (Å²) in [6, 6.07) is 14.6. The standard InChI is InChI=1S/C25H28N6O2/c1-16(2)33-25(32)29-19-9-7-18(8-10-19)24-23(26)21-11-6-17(13-30-15-27-14-28-30)12-22(21)31(24)20-4-3-5-20/h6-12,14-16,20H,3-5,13,26H2,1-2H3,(H,29,32). The van der Waals surface area contributed by atoms with Gasteiger partial charge in [-0.05, 0) is 56.9 Å². The van der Waals surface area contributed by atoms with Gasteiger partial charge < -0.3 is 15.0 Å². The van der Waals surface area contributed by atoms with Crippen LogP contribution in [-0.2, 0) is 11.3 Å². The molecule has 4 aromatic rings. The van der Waals surface area contributed by atoms with E-state index in [1.807, 2.05) is 42.8 Å². The van der Waals surface area contributed by atoms with Crippen molar-refractivity contribution in [2.45, 2.75) is 51.8 Å². The molecule has 0 radical (unpaired) electrons. The summed E-state index contributed by atoms with van der Waals surface area (Å²) in [6.45, 7) is 4.30. The molecular formula is C25H28N6O2. The van der Waals surface area contributed by atoms with E-state index in [4.69, 9.17) is 10.5 Å². The van der Waals surface area contributed by atoms with Gasteiger partial charge >= 0.3 is 6.09 Å². The van der Waals surface area contributed by atoms with Crippen molar-refractivity contribution in [3.8, 4) is 11.3 Å². The fraction of sp³-hybridized carbons (Fsp3) is 0.320. The molecule has 2 aromatic carbocycles.